The molecule has 2 heterocycles. The number of halogens is 5. The Kier molecular flexibility index (Phi) is 8.00. The Morgan fingerprint density at radius 3 is 2.47 bits per heavy atom. The summed E-state index contributed by atoms with van der Waals surface area (Å²) in [6.45, 7) is -0.171. The number of hydrogen-bond acceptors (Lipinski definition) is 5. The molecule has 1 N–H and O–H groups in total. The van der Waals surface area contributed by atoms with E-state index in [4.69, 9.17) is 4.74 Å². The number of carbonyl (C=O) groups excluding carboxylic acids is 3. The van der Waals surface area contributed by atoms with E-state index in [2.05, 4.69) is 10.1 Å². The molecule has 0 spiro atoms. The number of nitrogens with one attached hydrogen (secondary N) is 1. The van der Waals surface area contributed by atoms with Crippen molar-refractivity contribution in [3.63, 3.8) is 0 Å². The van der Waals surface area contributed by atoms with Crippen molar-refractivity contribution in [3.8, 4) is 22.6 Å². The van der Waals surface area contributed by atoms with Gasteiger partial charge in [0, 0.05) is 13.1 Å². The first kappa shape index (κ1) is 29.8. The lowest BCUT2D eigenvalue weighted by Crippen LogP contribution is -2.60. The number of anilines is 1. The highest BCUT2D eigenvalue weighted by Crippen LogP contribution is 2.35. The molecule has 8 nitrogen and oxygen atoms in total. The SMILES string of the molecule is Cc1cc(-c2ccc3c(c2)C(=O)N2CCN(C(=O)COc4ccc(OC(F)F)cc4C)CC2C(=O)N3)cc(C(F)(F)F)c1. The summed E-state index contributed by atoms with van der Waals surface area (Å²) < 4.78 is 75.0. The van der Waals surface area contributed by atoms with Crippen LogP contribution in [0.1, 0.15) is 27.0 Å². The number of nitrogens with zero attached hydrogens (tertiary/aromatic N) is 2. The topological polar surface area (TPSA) is 88.2 Å². The Morgan fingerprint density at radius 2 is 1.77 bits per heavy atom. The Hall–Kier alpha value is -4.68. The Balaban J connectivity index is 1.30. The maximum absolute atomic E-state index is 13.6. The predicted molar refractivity (Wildman–Crippen MR) is 145 cm³/mol. The fourth-order valence-corrected chi connectivity index (χ4v) is 5.16. The molecule has 3 aromatic rings. The zero-order valence-corrected chi connectivity index (χ0v) is 23.0. The van der Waals surface area contributed by atoms with Gasteiger partial charge in [-0.3, -0.25) is 14.4 Å². The quantitative estimate of drug-likeness (QED) is 0.388. The lowest BCUT2D eigenvalue weighted by atomic mass is 9.97. The Morgan fingerprint density at radius 1 is 1.00 bits per heavy atom. The van der Waals surface area contributed by atoms with E-state index in [1.165, 1.54) is 46.2 Å². The second-order valence-electron chi connectivity index (χ2n) is 10.3. The number of ether oxygens (including phenoxy) is 2. The second-order valence-corrected chi connectivity index (χ2v) is 10.3. The van der Waals surface area contributed by atoms with Gasteiger partial charge < -0.3 is 24.6 Å². The van der Waals surface area contributed by atoms with Gasteiger partial charge in [-0.15, -0.1) is 0 Å². The molecule has 0 bridgehead atoms. The van der Waals surface area contributed by atoms with Crippen LogP contribution in [0.5, 0.6) is 11.5 Å². The fourth-order valence-electron chi connectivity index (χ4n) is 5.16. The molecule has 2 aliphatic heterocycles. The molecule has 0 radical (unpaired) electrons. The molecule has 1 unspecified atom stereocenters. The van der Waals surface area contributed by atoms with Gasteiger partial charge in [0.15, 0.2) is 6.61 Å². The molecule has 0 saturated carbocycles. The summed E-state index contributed by atoms with van der Waals surface area (Å²) in [5, 5.41) is 2.71. The molecule has 1 fully saturated rings. The summed E-state index contributed by atoms with van der Waals surface area (Å²) in [5.41, 5.74) is 1.06. The molecule has 226 valence electrons. The van der Waals surface area contributed by atoms with Gasteiger partial charge in [0.05, 0.1) is 23.4 Å². The van der Waals surface area contributed by atoms with E-state index in [9.17, 15) is 36.3 Å². The second kappa shape index (κ2) is 11.5. The highest BCUT2D eigenvalue weighted by molar-refractivity contribution is 6.10. The number of hydrogen-bond donors (Lipinski definition) is 1. The van der Waals surface area contributed by atoms with E-state index in [0.29, 0.717) is 22.4 Å². The Bertz CT molecular complexity index is 1590. The van der Waals surface area contributed by atoms with E-state index < -0.39 is 48.7 Å². The van der Waals surface area contributed by atoms with Gasteiger partial charge in [-0.2, -0.15) is 22.0 Å². The van der Waals surface area contributed by atoms with Crippen molar-refractivity contribution in [1.29, 1.82) is 0 Å². The van der Waals surface area contributed by atoms with Crippen molar-refractivity contribution < 1.29 is 45.8 Å². The highest BCUT2D eigenvalue weighted by Gasteiger charge is 2.40. The maximum atomic E-state index is 13.6. The van der Waals surface area contributed by atoms with Crippen molar-refractivity contribution in [3.05, 3.63) is 76.9 Å². The molecule has 43 heavy (non-hydrogen) atoms. The van der Waals surface area contributed by atoms with Gasteiger partial charge in [-0.25, -0.2) is 0 Å². The zero-order chi connectivity index (χ0) is 31.1. The molecule has 1 saturated heterocycles. The first-order chi connectivity index (χ1) is 20.3. The summed E-state index contributed by atoms with van der Waals surface area (Å²) >= 11 is 0. The van der Waals surface area contributed by atoms with Crippen LogP contribution in [0.4, 0.5) is 27.6 Å². The predicted octanol–water partition coefficient (Wildman–Crippen LogP) is 5.27. The van der Waals surface area contributed by atoms with Crippen LogP contribution in [-0.2, 0) is 15.8 Å². The molecule has 13 heteroatoms. The van der Waals surface area contributed by atoms with Crippen LogP contribution in [0.15, 0.2) is 54.6 Å². The Labute approximate surface area is 243 Å². The van der Waals surface area contributed by atoms with Crippen LogP contribution in [-0.4, -0.2) is 66.4 Å². The highest BCUT2D eigenvalue weighted by atomic mass is 19.4. The van der Waals surface area contributed by atoms with Gasteiger partial charge >= 0.3 is 12.8 Å². The number of carbonyl (C=O) groups is 3. The largest absolute Gasteiger partial charge is 0.483 e. The van der Waals surface area contributed by atoms with Gasteiger partial charge in [-0.05, 0) is 78.6 Å². The number of alkyl halides is 5. The van der Waals surface area contributed by atoms with Crippen LogP contribution < -0.4 is 14.8 Å². The van der Waals surface area contributed by atoms with Gasteiger partial charge in [0.25, 0.3) is 11.8 Å². The van der Waals surface area contributed by atoms with Crippen molar-refractivity contribution in [2.24, 2.45) is 0 Å². The van der Waals surface area contributed by atoms with E-state index >= 15 is 0 Å². The van der Waals surface area contributed by atoms with Crippen molar-refractivity contribution >= 4 is 23.4 Å². The number of benzene rings is 3. The molecular weight excluding hydrogens is 577 g/mol. The van der Waals surface area contributed by atoms with E-state index in [0.717, 1.165) is 12.1 Å². The van der Waals surface area contributed by atoms with Gasteiger partial charge in [-0.1, -0.05) is 12.1 Å². The third-order valence-corrected chi connectivity index (χ3v) is 7.27. The number of piperazine rings is 1. The average Bonchev–Trinajstić information content (AvgIpc) is 3.04. The number of rotatable bonds is 6. The minimum atomic E-state index is -4.54. The summed E-state index contributed by atoms with van der Waals surface area (Å²) in [4.78, 5) is 42.4. The maximum Gasteiger partial charge on any atom is 0.416 e. The van der Waals surface area contributed by atoms with Crippen molar-refractivity contribution in [2.75, 3.05) is 31.6 Å². The summed E-state index contributed by atoms with van der Waals surface area (Å²) in [6, 6.07) is 11.1. The molecule has 1 atom stereocenters. The molecule has 0 aromatic heterocycles. The average molecular weight is 604 g/mol. The van der Waals surface area contributed by atoms with Gasteiger partial charge in [0.2, 0.25) is 5.91 Å². The summed E-state index contributed by atoms with van der Waals surface area (Å²) in [5.74, 6) is -1.22. The van der Waals surface area contributed by atoms with Crippen LogP contribution in [0, 0.1) is 13.8 Å². The van der Waals surface area contributed by atoms with E-state index in [1.807, 2.05) is 0 Å². The molecular formula is C30H26F5N3O5. The first-order valence-corrected chi connectivity index (χ1v) is 13.2. The lowest BCUT2D eigenvalue weighted by molar-refractivity contribution is -0.138. The summed E-state index contributed by atoms with van der Waals surface area (Å²) in [7, 11) is 0. The third-order valence-electron chi connectivity index (χ3n) is 7.27. The van der Waals surface area contributed by atoms with Crippen molar-refractivity contribution in [2.45, 2.75) is 32.7 Å². The zero-order valence-electron chi connectivity index (χ0n) is 23.0. The smallest absolute Gasteiger partial charge is 0.416 e. The van der Waals surface area contributed by atoms with Crippen LogP contribution in [0.2, 0.25) is 0 Å². The fraction of sp³-hybridized carbons (Fsp3) is 0.300. The van der Waals surface area contributed by atoms with Crippen molar-refractivity contribution in [1.82, 2.24) is 9.80 Å². The van der Waals surface area contributed by atoms with Crippen LogP contribution in [0.25, 0.3) is 11.1 Å². The number of aryl methyl sites for hydroxylation is 2. The number of amides is 3. The van der Waals surface area contributed by atoms with Crippen LogP contribution >= 0.6 is 0 Å². The normalized spacial score (nSPS) is 16.8. The summed E-state index contributed by atoms with van der Waals surface area (Å²) in [6.07, 6.45) is -4.54. The number of fused-ring (bicyclic) bond motifs is 2. The lowest BCUT2D eigenvalue weighted by Gasteiger charge is -2.39. The first-order valence-electron chi connectivity index (χ1n) is 13.2. The van der Waals surface area contributed by atoms with E-state index in [-0.39, 0.29) is 42.2 Å². The van der Waals surface area contributed by atoms with Gasteiger partial charge in [0.1, 0.15) is 17.5 Å². The minimum Gasteiger partial charge on any atom is -0.483 e. The standard InChI is InChI=1S/C30H26F5N3O5/c1-16-9-19(12-20(10-16)30(33,34)35)18-3-5-23-22(13-18)28(41)38-8-7-37(14-24(38)27(40)36-23)26(39)15-42-25-6-4-21(11-17(25)2)43-29(31)32/h3-6,9-13,24,29H,7-8,14-15H2,1-2H3,(H,36,40). The van der Waals surface area contributed by atoms with E-state index in [1.54, 1.807) is 19.9 Å². The molecule has 2 aliphatic rings. The monoisotopic (exact) mass is 603 g/mol. The van der Waals surface area contributed by atoms with Crippen LogP contribution in [0.3, 0.4) is 0 Å². The minimum absolute atomic E-state index is 0.0354. The molecule has 3 aromatic carbocycles. The molecule has 0 aliphatic carbocycles. The third kappa shape index (κ3) is 6.40. The molecule has 5 rings (SSSR count). The molecule has 3 amide bonds.